The molecule has 0 spiro atoms. The number of hydrogen-bond donors (Lipinski definition) is 3. The Kier molecular flexibility index (Phi) is 3.94. The molecule has 1 heterocycles. The van der Waals surface area contributed by atoms with Gasteiger partial charge in [-0.15, -0.1) is 0 Å². The Labute approximate surface area is 114 Å². The topological polar surface area (TPSA) is 118 Å². The molecule has 0 atom stereocenters. The van der Waals surface area contributed by atoms with Gasteiger partial charge in [-0.1, -0.05) is 17.3 Å². The van der Waals surface area contributed by atoms with E-state index in [0.29, 0.717) is 17.0 Å². The number of aromatic nitrogens is 3. The lowest BCUT2D eigenvalue weighted by atomic mass is 10.1. The molecule has 8 heteroatoms. The highest BCUT2D eigenvalue weighted by Gasteiger charge is 2.07. The van der Waals surface area contributed by atoms with Gasteiger partial charge in [0.1, 0.15) is 6.33 Å². The van der Waals surface area contributed by atoms with E-state index in [0.717, 1.165) is 0 Å². The smallest absolute Gasteiger partial charge is 0.251 e. The van der Waals surface area contributed by atoms with Crippen molar-refractivity contribution in [1.82, 2.24) is 20.1 Å². The minimum Gasteiger partial charge on any atom is -0.409 e. The maximum absolute atomic E-state index is 11.9. The van der Waals surface area contributed by atoms with Crippen LogP contribution in [-0.4, -0.2) is 31.7 Å². The van der Waals surface area contributed by atoms with Crippen molar-refractivity contribution in [1.29, 1.82) is 0 Å². The predicted octanol–water partition coefficient (Wildman–Crippen LogP) is -0.160. The molecule has 0 aliphatic heterocycles. The Morgan fingerprint density at radius 1 is 1.40 bits per heavy atom. The fourth-order valence-corrected chi connectivity index (χ4v) is 1.58. The Morgan fingerprint density at radius 2 is 2.05 bits per heavy atom. The number of carbonyl (C=O) groups is 1. The third-order valence-electron chi connectivity index (χ3n) is 2.60. The van der Waals surface area contributed by atoms with Crippen LogP contribution in [0.4, 0.5) is 0 Å². The molecule has 0 bridgehead atoms. The lowest BCUT2D eigenvalue weighted by molar-refractivity contribution is 0.0950. The van der Waals surface area contributed by atoms with Crippen LogP contribution in [0.15, 0.2) is 35.7 Å². The van der Waals surface area contributed by atoms with Crippen molar-refractivity contribution >= 4 is 11.7 Å². The molecule has 1 amide bonds. The molecule has 8 nitrogen and oxygen atoms in total. The summed E-state index contributed by atoms with van der Waals surface area (Å²) in [5, 5.41) is 18.2. The van der Waals surface area contributed by atoms with Gasteiger partial charge in [-0.2, -0.15) is 5.10 Å². The summed E-state index contributed by atoms with van der Waals surface area (Å²) in [7, 11) is 1.75. The van der Waals surface area contributed by atoms with Crippen molar-refractivity contribution < 1.29 is 10.0 Å². The first kappa shape index (κ1) is 13.5. The molecule has 0 aliphatic rings. The zero-order valence-corrected chi connectivity index (χ0v) is 10.8. The summed E-state index contributed by atoms with van der Waals surface area (Å²) in [4.78, 5) is 15.9. The number of hydrogen-bond acceptors (Lipinski definition) is 5. The van der Waals surface area contributed by atoms with E-state index in [1.54, 1.807) is 42.3 Å². The molecule has 0 saturated carbocycles. The minimum absolute atomic E-state index is 0.00496. The molecular formula is C12H14N6O2. The summed E-state index contributed by atoms with van der Waals surface area (Å²) in [6.45, 7) is 0.252. The Morgan fingerprint density at radius 3 is 2.60 bits per heavy atom. The monoisotopic (exact) mass is 274 g/mol. The average Bonchev–Trinajstić information content (AvgIpc) is 2.89. The van der Waals surface area contributed by atoms with E-state index in [1.807, 2.05) is 0 Å². The van der Waals surface area contributed by atoms with E-state index >= 15 is 0 Å². The number of oxime groups is 1. The van der Waals surface area contributed by atoms with Gasteiger partial charge in [-0.05, 0) is 12.1 Å². The lowest BCUT2D eigenvalue weighted by Crippen LogP contribution is -2.23. The van der Waals surface area contributed by atoms with Gasteiger partial charge in [0.25, 0.3) is 5.91 Å². The molecular weight excluding hydrogens is 260 g/mol. The molecule has 0 fully saturated rings. The summed E-state index contributed by atoms with van der Waals surface area (Å²) in [6, 6.07) is 6.38. The van der Waals surface area contributed by atoms with Crippen molar-refractivity contribution in [3.8, 4) is 0 Å². The molecule has 0 saturated heterocycles. The van der Waals surface area contributed by atoms with E-state index in [2.05, 4.69) is 20.6 Å². The normalized spacial score (nSPS) is 11.3. The zero-order chi connectivity index (χ0) is 14.5. The molecule has 0 radical (unpaired) electrons. The third kappa shape index (κ3) is 3.10. The van der Waals surface area contributed by atoms with Crippen LogP contribution in [0.25, 0.3) is 0 Å². The second kappa shape index (κ2) is 5.83. The van der Waals surface area contributed by atoms with Gasteiger partial charge in [0.05, 0.1) is 6.54 Å². The number of rotatable bonds is 4. The molecule has 1 aromatic heterocycles. The van der Waals surface area contributed by atoms with Crippen LogP contribution in [0.2, 0.25) is 0 Å². The summed E-state index contributed by atoms with van der Waals surface area (Å²) < 4.78 is 1.56. The average molecular weight is 274 g/mol. The van der Waals surface area contributed by atoms with Crippen molar-refractivity contribution in [3.05, 3.63) is 47.5 Å². The van der Waals surface area contributed by atoms with E-state index < -0.39 is 0 Å². The number of amidine groups is 1. The van der Waals surface area contributed by atoms with Crippen LogP contribution in [0.3, 0.4) is 0 Å². The van der Waals surface area contributed by atoms with Gasteiger partial charge in [-0.25, -0.2) is 4.98 Å². The van der Waals surface area contributed by atoms with Gasteiger partial charge in [0.15, 0.2) is 11.7 Å². The number of carbonyl (C=O) groups excluding carboxylic acids is 1. The summed E-state index contributed by atoms with van der Waals surface area (Å²) >= 11 is 0. The van der Waals surface area contributed by atoms with Crippen LogP contribution in [0.5, 0.6) is 0 Å². The number of nitrogens with zero attached hydrogens (tertiary/aromatic N) is 4. The fraction of sp³-hybridized carbons (Fsp3) is 0.167. The molecule has 0 unspecified atom stereocenters. The number of nitrogens with one attached hydrogen (secondary N) is 1. The maximum Gasteiger partial charge on any atom is 0.251 e. The molecule has 4 N–H and O–H groups in total. The van der Waals surface area contributed by atoms with Crippen molar-refractivity contribution in [2.75, 3.05) is 0 Å². The first-order valence-electron chi connectivity index (χ1n) is 5.81. The van der Waals surface area contributed by atoms with Crippen LogP contribution in [-0.2, 0) is 13.6 Å². The largest absolute Gasteiger partial charge is 0.409 e. The van der Waals surface area contributed by atoms with Crippen LogP contribution < -0.4 is 11.1 Å². The van der Waals surface area contributed by atoms with Gasteiger partial charge in [0.2, 0.25) is 0 Å². The summed E-state index contributed by atoms with van der Waals surface area (Å²) in [6.07, 6.45) is 1.56. The summed E-state index contributed by atoms with van der Waals surface area (Å²) in [5.74, 6) is 0.285. The zero-order valence-electron chi connectivity index (χ0n) is 10.8. The van der Waals surface area contributed by atoms with E-state index in [4.69, 9.17) is 10.9 Å². The molecule has 0 aliphatic carbocycles. The van der Waals surface area contributed by atoms with Crippen LogP contribution in [0, 0.1) is 0 Å². The molecule has 2 rings (SSSR count). The molecule has 20 heavy (non-hydrogen) atoms. The Balaban J connectivity index is 1.99. The second-order valence-corrected chi connectivity index (χ2v) is 4.08. The minimum atomic E-state index is -0.247. The van der Waals surface area contributed by atoms with Gasteiger partial charge in [-0.3, -0.25) is 9.48 Å². The fourth-order valence-electron chi connectivity index (χ4n) is 1.58. The number of benzene rings is 1. The quantitative estimate of drug-likeness (QED) is 0.310. The molecule has 1 aromatic carbocycles. The standard InChI is InChI=1S/C12H14N6O2/c1-18-7-15-10(16-18)6-14-12(19)9-4-2-8(3-5-9)11(13)17-20/h2-5,7,20H,6H2,1H3,(H2,13,17)(H,14,19). The molecule has 104 valence electrons. The number of aryl methyl sites for hydroxylation is 1. The van der Waals surface area contributed by atoms with Gasteiger partial charge in [0, 0.05) is 18.2 Å². The second-order valence-electron chi connectivity index (χ2n) is 4.08. The highest BCUT2D eigenvalue weighted by Crippen LogP contribution is 2.04. The maximum atomic E-state index is 11.9. The first-order chi connectivity index (χ1) is 9.60. The number of amides is 1. The summed E-state index contributed by atoms with van der Waals surface area (Å²) in [5.41, 5.74) is 6.44. The Bertz CT molecular complexity index is 632. The van der Waals surface area contributed by atoms with Gasteiger partial charge >= 0.3 is 0 Å². The highest BCUT2D eigenvalue weighted by molar-refractivity contribution is 5.99. The highest BCUT2D eigenvalue weighted by atomic mass is 16.4. The molecule has 2 aromatic rings. The lowest BCUT2D eigenvalue weighted by Gasteiger charge is -2.04. The third-order valence-corrected chi connectivity index (χ3v) is 2.60. The van der Waals surface area contributed by atoms with E-state index in [9.17, 15) is 4.79 Å². The van der Waals surface area contributed by atoms with Crippen molar-refractivity contribution in [2.45, 2.75) is 6.54 Å². The van der Waals surface area contributed by atoms with Crippen LogP contribution >= 0.6 is 0 Å². The van der Waals surface area contributed by atoms with Crippen molar-refractivity contribution in [2.24, 2.45) is 17.9 Å². The number of nitrogens with two attached hydrogens (primary N) is 1. The van der Waals surface area contributed by atoms with E-state index in [1.165, 1.54) is 0 Å². The first-order valence-corrected chi connectivity index (χ1v) is 5.81. The SMILES string of the molecule is Cn1cnc(CNC(=O)c2ccc(/C(N)=N/O)cc2)n1. The van der Waals surface area contributed by atoms with Crippen molar-refractivity contribution in [3.63, 3.8) is 0 Å². The van der Waals surface area contributed by atoms with Crippen LogP contribution in [0.1, 0.15) is 21.7 Å². The predicted molar refractivity (Wildman–Crippen MR) is 71.1 cm³/mol. The van der Waals surface area contributed by atoms with E-state index in [-0.39, 0.29) is 18.3 Å². The van der Waals surface area contributed by atoms with Gasteiger partial charge < -0.3 is 16.3 Å². The Hall–Kier alpha value is -2.90.